The van der Waals surface area contributed by atoms with E-state index >= 15 is 0 Å². The van der Waals surface area contributed by atoms with Gasteiger partial charge in [0, 0.05) is 26.9 Å². The van der Waals surface area contributed by atoms with E-state index in [1.807, 2.05) is 55.5 Å². The standard InChI is InChI=1S/C30H24Cl2N2O3/c1-2-15-36-29-14-8-20-5-3-4-6-26(20)27(29)16-22(18-33)30(35)34-24-10-12-25(13-11-24)37-19-21-7-9-23(31)17-28(21)32/h3-14,16-17H,2,15,19H2,1H3,(H,34,35)/b22-16+. The molecule has 0 aliphatic heterocycles. The van der Waals surface area contributed by atoms with Gasteiger partial charge in [0.15, 0.2) is 0 Å². The van der Waals surface area contributed by atoms with Crippen LogP contribution in [-0.4, -0.2) is 12.5 Å². The minimum absolute atomic E-state index is 0.0320. The van der Waals surface area contributed by atoms with Crippen molar-refractivity contribution in [3.63, 3.8) is 0 Å². The summed E-state index contributed by atoms with van der Waals surface area (Å²) in [6.45, 7) is 2.83. The quantitative estimate of drug-likeness (QED) is 0.175. The molecule has 1 N–H and O–H groups in total. The number of ether oxygens (including phenoxy) is 2. The van der Waals surface area contributed by atoms with Gasteiger partial charge in [-0.1, -0.05) is 66.5 Å². The summed E-state index contributed by atoms with van der Waals surface area (Å²) in [5.74, 6) is 0.718. The Labute approximate surface area is 225 Å². The molecule has 0 aliphatic carbocycles. The summed E-state index contributed by atoms with van der Waals surface area (Å²) in [5, 5.41) is 15.5. The molecule has 0 fully saturated rings. The van der Waals surface area contributed by atoms with Crippen molar-refractivity contribution in [1.29, 1.82) is 5.26 Å². The average molecular weight is 531 g/mol. The smallest absolute Gasteiger partial charge is 0.266 e. The van der Waals surface area contributed by atoms with E-state index in [0.29, 0.717) is 39.4 Å². The zero-order chi connectivity index (χ0) is 26.2. The van der Waals surface area contributed by atoms with Crippen molar-refractivity contribution in [1.82, 2.24) is 0 Å². The molecule has 0 radical (unpaired) electrons. The van der Waals surface area contributed by atoms with E-state index in [4.69, 9.17) is 32.7 Å². The van der Waals surface area contributed by atoms with Crippen LogP contribution in [0.15, 0.2) is 84.4 Å². The highest BCUT2D eigenvalue weighted by molar-refractivity contribution is 6.35. The highest BCUT2D eigenvalue weighted by Gasteiger charge is 2.14. The Bertz CT molecular complexity index is 1490. The van der Waals surface area contributed by atoms with Crippen molar-refractivity contribution in [2.75, 3.05) is 11.9 Å². The Kier molecular flexibility index (Phi) is 8.68. The van der Waals surface area contributed by atoms with E-state index in [1.165, 1.54) is 0 Å². The van der Waals surface area contributed by atoms with E-state index < -0.39 is 5.91 Å². The third kappa shape index (κ3) is 6.62. The predicted octanol–water partition coefficient (Wildman–Crippen LogP) is 8.06. The van der Waals surface area contributed by atoms with Gasteiger partial charge in [-0.15, -0.1) is 0 Å². The van der Waals surface area contributed by atoms with Crippen LogP contribution in [-0.2, 0) is 11.4 Å². The number of fused-ring (bicyclic) bond motifs is 1. The minimum atomic E-state index is -0.515. The summed E-state index contributed by atoms with van der Waals surface area (Å²) < 4.78 is 11.7. The molecule has 0 aromatic heterocycles. The molecule has 186 valence electrons. The number of rotatable bonds is 9. The van der Waals surface area contributed by atoms with Crippen LogP contribution in [0, 0.1) is 11.3 Å². The third-order valence-corrected chi connectivity index (χ3v) is 6.15. The maximum Gasteiger partial charge on any atom is 0.266 e. The molecule has 0 aliphatic rings. The summed E-state index contributed by atoms with van der Waals surface area (Å²) in [6.07, 6.45) is 2.42. The molecule has 0 saturated heterocycles. The van der Waals surface area contributed by atoms with Gasteiger partial charge < -0.3 is 14.8 Å². The fourth-order valence-corrected chi connectivity index (χ4v) is 4.15. The first-order valence-corrected chi connectivity index (χ1v) is 12.5. The maximum absolute atomic E-state index is 13.0. The molecule has 0 saturated carbocycles. The van der Waals surface area contributed by atoms with E-state index in [1.54, 1.807) is 42.5 Å². The number of amides is 1. The number of nitriles is 1. The van der Waals surface area contributed by atoms with Crippen molar-refractivity contribution in [3.05, 3.63) is 106 Å². The summed E-state index contributed by atoms with van der Waals surface area (Å²) in [7, 11) is 0. The zero-order valence-corrected chi connectivity index (χ0v) is 21.6. The van der Waals surface area contributed by atoms with Gasteiger partial charge in [-0.3, -0.25) is 4.79 Å². The van der Waals surface area contributed by atoms with Gasteiger partial charge in [-0.25, -0.2) is 0 Å². The molecular weight excluding hydrogens is 507 g/mol. The third-order valence-electron chi connectivity index (χ3n) is 5.57. The number of anilines is 1. The summed E-state index contributed by atoms with van der Waals surface area (Å²) in [5.41, 5.74) is 2.00. The van der Waals surface area contributed by atoms with Crippen LogP contribution in [0.3, 0.4) is 0 Å². The van der Waals surface area contributed by atoms with Gasteiger partial charge in [0.05, 0.1) is 6.61 Å². The highest BCUT2D eigenvalue weighted by atomic mass is 35.5. The predicted molar refractivity (Wildman–Crippen MR) is 149 cm³/mol. The fraction of sp³-hybridized carbons (Fsp3) is 0.133. The van der Waals surface area contributed by atoms with Crippen LogP contribution >= 0.6 is 23.2 Å². The Morgan fingerprint density at radius 2 is 1.78 bits per heavy atom. The lowest BCUT2D eigenvalue weighted by Gasteiger charge is -2.12. The number of hydrogen-bond acceptors (Lipinski definition) is 4. The fourth-order valence-electron chi connectivity index (χ4n) is 3.69. The van der Waals surface area contributed by atoms with E-state index in [2.05, 4.69) is 5.32 Å². The number of nitrogens with one attached hydrogen (secondary N) is 1. The van der Waals surface area contributed by atoms with Crippen molar-refractivity contribution >= 4 is 51.6 Å². The number of carbonyl (C=O) groups is 1. The van der Waals surface area contributed by atoms with E-state index in [9.17, 15) is 10.1 Å². The second-order valence-electron chi connectivity index (χ2n) is 8.22. The molecular formula is C30H24Cl2N2O3. The second-order valence-corrected chi connectivity index (χ2v) is 9.06. The maximum atomic E-state index is 13.0. The van der Waals surface area contributed by atoms with Gasteiger partial charge in [0.1, 0.15) is 29.7 Å². The van der Waals surface area contributed by atoms with Crippen LogP contribution < -0.4 is 14.8 Å². The molecule has 0 spiro atoms. The molecule has 4 aromatic rings. The van der Waals surface area contributed by atoms with Gasteiger partial charge in [-0.2, -0.15) is 5.26 Å². The number of hydrogen-bond donors (Lipinski definition) is 1. The minimum Gasteiger partial charge on any atom is -0.493 e. The lowest BCUT2D eigenvalue weighted by atomic mass is 10.0. The van der Waals surface area contributed by atoms with E-state index in [0.717, 1.165) is 22.8 Å². The number of carbonyl (C=O) groups excluding carboxylic acids is 1. The normalized spacial score (nSPS) is 11.1. The zero-order valence-electron chi connectivity index (χ0n) is 20.1. The van der Waals surface area contributed by atoms with E-state index in [-0.39, 0.29) is 12.2 Å². The first-order chi connectivity index (χ1) is 18.0. The van der Waals surface area contributed by atoms with Crippen LogP contribution in [0.4, 0.5) is 5.69 Å². The molecule has 1 amide bonds. The van der Waals surface area contributed by atoms with Crippen LogP contribution in [0.25, 0.3) is 16.8 Å². The van der Waals surface area contributed by atoms with Crippen molar-refractivity contribution in [2.45, 2.75) is 20.0 Å². The molecule has 4 aromatic carbocycles. The molecule has 4 rings (SSSR count). The number of nitrogens with zero attached hydrogens (tertiary/aromatic N) is 1. The molecule has 5 nitrogen and oxygen atoms in total. The number of benzene rings is 4. The first kappa shape index (κ1) is 26.1. The van der Waals surface area contributed by atoms with Crippen LogP contribution in [0.5, 0.6) is 11.5 Å². The second kappa shape index (κ2) is 12.3. The topological polar surface area (TPSA) is 71.3 Å². The van der Waals surface area contributed by atoms with Crippen molar-refractivity contribution < 1.29 is 14.3 Å². The van der Waals surface area contributed by atoms with Gasteiger partial charge in [0.25, 0.3) is 5.91 Å². The van der Waals surface area contributed by atoms with Crippen molar-refractivity contribution in [3.8, 4) is 17.6 Å². The van der Waals surface area contributed by atoms with Gasteiger partial charge >= 0.3 is 0 Å². The Balaban J connectivity index is 1.50. The summed E-state index contributed by atoms with van der Waals surface area (Å²) in [6, 6.07) is 25.8. The Hall–Kier alpha value is -3.98. The summed E-state index contributed by atoms with van der Waals surface area (Å²) >= 11 is 12.1. The molecule has 0 unspecified atom stereocenters. The largest absolute Gasteiger partial charge is 0.493 e. The van der Waals surface area contributed by atoms with Crippen LogP contribution in [0.2, 0.25) is 10.0 Å². The Morgan fingerprint density at radius 1 is 1.00 bits per heavy atom. The average Bonchev–Trinajstić information content (AvgIpc) is 2.91. The molecule has 0 atom stereocenters. The molecule has 37 heavy (non-hydrogen) atoms. The molecule has 7 heteroatoms. The molecule has 0 heterocycles. The monoisotopic (exact) mass is 530 g/mol. The van der Waals surface area contributed by atoms with Crippen molar-refractivity contribution in [2.24, 2.45) is 0 Å². The summed E-state index contributed by atoms with van der Waals surface area (Å²) in [4.78, 5) is 13.0. The number of halogens is 2. The molecule has 0 bridgehead atoms. The first-order valence-electron chi connectivity index (χ1n) is 11.7. The highest BCUT2D eigenvalue weighted by Crippen LogP contribution is 2.31. The van der Waals surface area contributed by atoms with Crippen LogP contribution in [0.1, 0.15) is 24.5 Å². The lowest BCUT2D eigenvalue weighted by Crippen LogP contribution is -2.13. The van der Waals surface area contributed by atoms with Gasteiger partial charge in [-0.05, 0) is 65.7 Å². The SMILES string of the molecule is CCCOc1ccc2ccccc2c1/C=C(\C#N)C(=O)Nc1ccc(OCc2ccc(Cl)cc2Cl)cc1. The lowest BCUT2D eigenvalue weighted by molar-refractivity contribution is -0.112. The van der Waals surface area contributed by atoms with Gasteiger partial charge in [0.2, 0.25) is 0 Å². The Morgan fingerprint density at radius 3 is 2.51 bits per heavy atom.